The number of nitrogens with two attached hydrogens (primary N) is 1. The molecule has 19 heavy (non-hydrogen) atoms. The van der Waals surface area contributed by atoms with Crippen LogP contribution in [0, 0.1) is 0 Å². The maximum atomic E-state index is 11.7. The van der Waals surface area contributed by atoms with Gasteiger partial charge in [-0.05, 0) is 30.2 Å². The van der Waals surface area contributed by atoms with Crippen LogP contribution in [0.25, 0.3) is 0 Å². The van der Waals surface area contributed by atoms with Crippen molar-refractivity contribution in [2.24, 2.45) is 0 Å². The number of H-pyrrole nitrogens is 1. The lowest BCUT2D eigenvalue weighted by atomic mass is 10.1. The van der Waals surface area contributed by atoms with Crippen molar-refractivity contribution in [2.45, 2.75) is 6.42 Å². The Morgan fingerprint density at radius 3 is 2.53 bits per heavy atom. The normalized spacial score (nSPS) is 10.1. The van der Waals surface area contributed by atoms with Crippen molar-refractivity contribution in [3.05, 3.63) is 64.1 Å². The molecule has 2 rings (SSSR count). The van der Waals surface area contributed by atoms with Crippen LogP contribution in [0.4, 0.5) is 5.69 Å². The number of hydrogen-bond donors (Lipinski definition) is 3. The number of benzene rings is 1. The maximum absolute atomic E-state index is 11.7. The SMILES string of the molecule is Nc1ccc(CCNC(=O)c2ccc(=O)[nH]c2)cc1. The highest BCUT2D eigenvalue weighted by Crippen LogP contribution is 2.05. The molecule has 0 aliphatic heterocycles. The summed E-state index contributed by atoms with van der Waals surface area (Å²) in [4.78, 5) is 25.1. The van der Waals surface area contributed by atoms with Gasteiger partial charge in [0.1, 0.15) is 0 Å². The molecule has 5 nitrogen and oxygen atoms in total. The average molecular weight is 257 g/mol. The first-order valence-corrected chi connectivity index (χ1v) is 5.96. The van der Waals surface area contributed by atoms with E-state index in [4.69, 9.17) is 5.73 Å². The highest BCUT2D eigenvalue weighted by Gasteiger charge is 2.04. The number of nitrogen functional groups attached to an aromatic ring is 1. The molecular weight excluding hydrogens is 242 g/mol. The van der Waals surface area contributed by atoms with E-state index >= 15 is 0 Å². The fourth-order valence-corrected chi connectivity index (χ4v) is 1.66. The number of nitrogens with one attached hydrogen (secondary N) is 2. The van der Waals surface area contributed by atoms with Gasteiger partial charge in [-0.3, -0.25) is 9.59 Å². The van der Waals surface area contributed by atoms with Crippen molar-refractivity contribution in [3.8, 4) is 0 Å². The molecule has 5 heteroatoms. The van der Waals surface area contributed by atoms with Gasteiger partial charge >= 0.3 is 0 Å². The van der Waals surface area contributed by atoms with Crippen LogP contribution in [-0.4, -0.2) is 17.4 Å². The number of carbonyl (C=O) groups excluding carboxylic acids is 1. The van der Waals surface area contributed by atoms with Crippen molar-refractivity contribution in [1.82, 2.24) is 10.3 Å². The quantitative estimate of drug-likeness (QED) is 0.712. The molecule has 0 aliphatic rings. The van der Waals surface area contributed by atoms with Crippen molar-refractivity contribution in [1.29, 1.82) is 0 Å². The Labute approximate surface area is 110 Å². The van der Waals surface area contributed by atoms with Crippen molar-refractivity contribution < 1.29 is 4.79 Å². The summed E-state index contributed by atoms with van der Waals surface area (Å²) in [5.41, 5.74) is 7.64. The fraction of sp³-hybridized carbons (Fsp3) is 0.143. The monoisotopic (exact) mass is 257 g/mol. The zero-order valence-corrected chi connectivity index (χ0v) is 10.3. The van der Waals surface area contributed by atoms with Crippen molar-refractivity contribution >= 4 is 11.6 Å². The second kappa shape index (κ2) is 5.86. The van der Waals surface area contributed by atoms with Crippen LogP contribution in [0.2, 0.25) is 0 Å². The second-order valence-electron chi connectivity index (χ2n) is 4.19. The number of carbonyl (C=O) groups is 1. The van der Waals surface area contributed by atoms with E-state index in [0.29, 0.717) is 12.1 Å². The molecule has 0 unspecified atom stereocenters. The first kappa shape index (κ1) is 12.9. The topological polar surface area (TPSA) is 88.0 Å². The number of hydrogen-bond acceptors (Lipinski definition) is 3. The zero-order valence-electron chi connectivity index (χ0n) is 10.3. The Kier molecular flexibility index (Phi) is 3.97. The summed E-state index contributed by atoms with van der Waals surface area (Å²) in [6, 6.07) is 10.4. The van der Waals surface area contributed by atoms with Crippen LogP contribution in [0.15, 0.2) is 47.4 Å². The Hall–Kier alpha value is -2.56. The minimum atomic E-state index is -0.224. The van der Waals surface area contributed by atoms with Gasteiger partial charge < -0.3 is 16.0 Å². The van der Waals surface area contributed by atoms with E-state index in [2.05, 4.69) is 10.3 Å². The van der Waals surface area contributed by atoms with E-state index in [1.165, 1.54) is 18.3 Å². The molecule has 0 spiro atoms. The van der Waals surface area contributed by atoms with Crippen molar-refractivity contribution in [3.63, 3.8) is 0 Å². The van der Waals surface area contributed by atoms with Crippen LogP contribution in [-0.2, 0) is 6.42 Å². The third kappa shape index (κ3) is 3.70. The predicted molar refractivity (Wildman–Crippen MR) is 74.0 cm³/mol. The number of amides is 1. The molecule has 4 N–H and O–H groups in total. The summed E-state index contributed by atoms with van der Waals surface area (Å²) in [7, 11) is 0. The third-order valence-corrected chi connectivity index (χ3v) is 2.73. The third-order valence-electron chi connectivity index (χ3n) is 2.73. The molecule has 0 aliphatic carbocycles. The summed E-state index contributed by atoms with van der Waals surface area (Å²) >= 11 is 0. The van der Waals surface area contributed by atoms with E-state index in [9.17, 15) is 9.59 Å². The average Bonchev–Trinajstić information content (AvgIpc) is 2.41. The molecule has 0 fully saturated rings. The van der Waals surface area contributed by atoms with Gasteiger partial charge in [-0.2, -0.15) is 0 Å². The zero-order chi connectivity index (χ0) is 13.7. The van der Waals surface area contributed by atoms with Gasteiger partial charge in [0, 0.05) is 24.5 Å². The molecule has 1 amide bonds. The van der Waals surface area contributed by atoms with Gasteiger partial charge in [-0.15, -0.1) is 0 Å². The van der Waals surface area contributed by atoms with E-state index in [-0.39, 0.29) is 11.5 Å². The van der Waals surface area contributed by atoms with Crippen LogP contribution in [0.3, 0.4) is 0 Å². The molecular formula is C14H15N3O2. The smallest absolute Gasteiger partial charge is 0.252 e. The van der Waals surface area contributed by atoms with E-state index in [1.807, 2.05) is 24.3 Å². The number of pyridine rings is 1. The lowest BCUT2D eigenvalue weighted by Crippen LogP contribution is -2.26. The van der Waals surface area contributed by atoms with E-state index in [0.717, 1.165) is 17.7 Å². The lowest BCUT2D eigenvalue weighted by Gasteiger charge is -2.05. The molecule has 0 atom stereocenters. The van der Waals surface area contributed by atoms with E-state index in [1.54, 1.807) is 0 Å². The lowest BCUT2D eigenvalue weighted by molar-refractivity contribution is 0.0954. The first-order valence-electron chi connectivity index (χ1n) is 5.96. The Morgan fingerprint density at radius 1 is 1.16 bits per heavy atom. The molecule has 0 saturated heterocycles. The Morgan fingerprint density at radius 2 is 1.89 bits per heavy atom. The van der Waals surface area contributed by atoms with Crippen molar-refractivity contribution in [2.75, 3.05) is 12.3 Å². The fourth-order valence-electron chi connectivity index (χ4n) is 1.66. The first-order chi connectivity index (χ1) is 9.15. The minimum Gasteiger partial charge on any atom is -0.399 e. The van der Waals surface area contributed by atoms with Gasteiger partial charge in [-0.1, -0.05) is 12.1 Å². The predicted octanol–water partition coefficient (Wildman–Crippen LogP) is 0.930. The Bertz CT molecular complexity index is 597. The summed E-state index contributed by atoms with van der Waals surface area (Å²) in [5.74, 6) is -0.202. The molecule has 1 aromatic carbocycles. The highest BCUT2D eigenvalue weighted by molar-refractivity contribution is 5.93. The van der Waals surface area contributed by atoms with Gasteiger partial charge in [0.2, 0.25) is 5.56 Å². The van der Waals surface area contributed by atoms with Crippen LogP contribution in [0.1, 0.15) is 15.9 Å². The van der Waals surface area contributed by atoms with Gasteiger partial charge in [0.05, 0.1) is 5.56 Å². The molecule has 2 aromatic rings. The van der Waals surface area contributed by atoms with Crippen LogP contribution in [0.5, 0.6) is 0 Å². The van der Waals surface area contributed by atoms with Gasteiger partial charge in [0.25, 0.3) is 5.91 Å². The van der Waals surface area contributed by atoms with Crippen LogP contribution >= 0.6 is 0 Å². The summed E-state index contributed by atoms with van der Waals surface area (Å²) in [6.07, 6.45) is 2.14. The molecule has 0 radical (unpaired) electrons. The molecule has 1 aromatic heterocycles. The number of aromatic amines is 1. The van der Waals surface area contributed by atoms with Crippen LogP contribution < -0.4 is 16.6 Å². The number of anilines is 1. The minimum absolute atomic E-state index is 0.202. The van der Waals surface area contributed by atoms with Gasteiger partial charge in [0.15, 0.2) is 0 Å². The number of rotatable bonds is 4. The number of aromatic nitrogens is 1. The second-order valence-corrected chi connectivity index (χ2v) is 4.19. The largest absolute Gasteiger partial charge is 0.399 e. The Balaban J connectivity index is 1.85. The summed E-state index contributed by atoms with van der Waals surface area (Å²) < 4.78 is 0. The maximum Gasteiger partial charge on any atom is 0.252 e. The molecule has 0 bridgehead atoms. The standard InChI is InChI=1S/C14H15N3O2/c15-12-4-1-10(2-5-12)7-8-16-14(19)11-3-6-13(18)17-9-11/h1-6,9H,7-8,15H2,(H,16,19)(H,17,18). The van der Waals surface area contributed by atoms with Gasteiger partial charge in [-0.25, -0.2) is 0 Å². The molecule has 98 valence electrons. The highest BCUT2D eigenvalue weighted by atomic mass is 16.1. The molecule has 1 heterocycles. The summed E-state index contributed by atoms with van der Waals surface area (Å²) in [5, 5.41) is 2.79. The summed E-state index contributed by atoms with van der Waals surface area (Å²) in [6.45, 7) is 0.530. The van der Waals surface area contributed by atoms with E-state index < -0.39 is 0 Å². The molecule has 0 saturated carbocycles.